The van der Waals surface area contributed by atoms with E-state index in [-0.39, 0.29) is 29.0 Å². The molecule has 0 bridgehead atoms. The molecule has 3 aromatic rings. The normalized spacial score (nSPS) is 10.5. The lowest BCUT2D eigenvalue weighted by Crippen LogP contribution is -2.27. The van der Waals surface area contributed by atoms with Gasteiger partial charge in [0.15, 0.2) is 12.3 Å². The molecule has 0 aliphatic carbocycles. The number of para-hydroxylation sites is 1. The second kappa shape index (κ2) is 8.34. The summed E-state index contributed by atoms with van der Waals surface area (Å²) in [5.41, 5.74) is 5.23. The Hall–Kier alpha value is -4.01. The molecule has 0 fully saturated rings. The fourth-order valence-corrected chi connectivity index (χ4v) is 2.79. The maximum absolute atomic E-state index is 12.5. The summed E-state index contributed by atoms with van der Waals surface area (Å²) in [5.74, 6) is -2.20. The number of nitrogens with one attached hydrogen (secondary N) is 1. The van der Waals surface area contributed by atoms with Crippen molar-refractivity contribution >= 4 is 34.2 Å². The molecule has 0 saturated heterocycles. The van der Waals surface area contributed by atoms with Crippen LogP contribution in [0.1, 0.15) is 27.8 Å². The fourth-order valence-electron chi connectivity index (χ4n) is 2.79. The Kier molecular flexibility index (Phi) is 5.68. The number of benzene rings is 2. The van der Waals surface area contributed by atoms with E-state index >= 15 is 0 Å². The summed E-state index contributed by atoms with van der Waals surface area (Å²) in [6.45, 7) is 1.39. The van der Waals surface area contributed by atoms with Crippen molar-refractivity contribution in [3.8, 4) is 0 Å². The molecular weight excluding hydrogens is 376 g/mol. The van der Waals surface area contributed by atoms with Crippen LogP contribution in [0.15, 0.2) is 53.3 Å². The van der Waals surface area contributed by atoms with Gasteiger partial charge in [0.25, 0.3) is 17.4 Å². The third kappa shape index (κ3) is 4.13. The number of esters is 1. The molecule has 3 rings (SSSR count). The molecule has 1 heterocycles. The van der Waals surface area contributed by atoms with Crippen molar-refractivity contribution in [3.63, 3.8) is 0 Å². The minimum Gasteiger partial charge on any atom is -0.451 e. The minimum atomic E-state index is -0.846. The predicted molar refractivity (Wildman–Crippen MR) is 106 cm³/mol. The van der Waals surface area contributed by atoms with E-state index in [1.807, 2.05) is 0 Å². The van der Waals surface area contributed by atoms with Crippen molar-refractivity contribution in [1.82, 2.24) is 9.78 Å². The number of rotatable bonds is 6. The molecule has 148 valence electrons. The van der Waals surface area contributed by atoms with E-state index < -0.39 is 24.4 Å². The number of aromatic nitrogens is 2. The first-order valence-corrected chi connectivity index (χ1v) is 8.78. The van der Waals surface area contributed by atoms with Gasteiger partial charge >= 0.3 is 5.97 Å². The van der Waals surface area contributed by atoms with E-state index in [0.29, 0.717) is 10.8 Å². The second-order valence-corrected chi connectivity index (χ2v) is 6.05. The average molecular weight is 394 g/mol. The summed E-state index contributed by atoms with van der Waals surface area (Å²) in [7, 11) is 0. The van der Waals surface area contributed by atoms with E-state index in [1.165, 1.54) is 12.1 Å². The first-order chi connectivity index (χ1) is 13.9. The molecular formula is C20H18N4O5. The van der Waals surface area contributed by atoms with E-state index in [4.69, 9.17) is 10.5 Å². The number of nitrogens with two attached hydrogens (primary N) is 1. The summed E-state index contributed by atoms with van der Waals surface area (Å²) in [4.78, 5) is 48.4. The van der Waals surface area contributed by atoms with Gasteiger partial charge in [-0.3, -0.25) is 14.4 Å². The van der Waals surface area contributed by atoms with Crippen LogP contribution in [0, 0.1) is 0 Å². The van der Waals surface area contributed by atoms with Crippen LogP contribution in [0.5, 0.6) is 0 Å². The number of aryl methyl sites for hydroxylation is 1. The van der Waals surface area contributed by atoms with Crippen molar-refractivity contribution < 1.29 is 19.1 Å². The lowest BCUT2D eigenvalue weighted by Gasteiger charge is -2.11. The Labute approximate surface area is 165 Å². The van der Waals surface area contributed by atoms with E-state index in [2.05, 4.69) is 10.4 Å². The molecule has 0 unspecified atom stereocenters. The van der Waals surface area contributed by atoms with Crippen LogP contribution in [0.3, 0.4) is 0 Å². The van der Waals surface area contributed by atoms with Gasteiger partial charge in [-0.2, -0.15) is 5.10 Å². The predicted octanol–water partition coefficient (Wildman–Crippen LogP) is 1.31. The van der Waals surface area contributed by atoms with Gasteiger partial charge in [0.2, 0.25) is 0 Å². The van der Waals surface area contributed by atoms with Crippen LogP contribution < -0.4 is 16.6 Å². The number of carbonyl (C=O) groups excluding carboxylic acids is 3. The Balaban J connectivity index is 1.78. The number of carbonyl (C=O) groups is 3. The number of hydrogen-bond acceptors (Lipinski definition) is 6. The molecule has 9 heteroatoms. The molecule has 2 amide bonds. The Morgan fingerprint density at radius 1 is 1.07 bits per heavy atom. The van der Waals surface area contributed by atoms with Gasteiger partial charge in [-0.1, -0.05) is 30.3 Å². The number of anilines is 1. The zero-order valence-electron chi connectivity index (χ0n) is 15.5. The number of nitrogens with zero attached hydrogens (tertiary/aromatic N) is 2. The first kappa shape index (κ1) is 19.7. The first-order valence-electron chi connectivity index (χ1n) is 8.78. The van der Waals surface area contributed by atoms with E-state index in [0.717, 1.165) is 4.68 Å². The summed E-state index contributed by atoms with van der Waals surface area (Å²) >= 11 is 0. The van der Waals surface area contributed by atoms with Crippen LogP contribution >= 0.6 is 0 Å². The fraction of sp³-hybridized carbons (Fsp3) is 0.150. The largest absolute Gasteiger partial charge is 0.451 e. The molecule has 0 spiro atoms. The highest BCUT2D eigenvalue weighted by Crippen LogP contribution is 2.16. The molecule has 0 saturated carbocycles. The summed E-state index contributed by atoms with van der Waals surface area (Å²) in [6, 6.07) is 12.7. The zero-order chi connectivity index (χ0) is 21.0. The Bertz CT molecular complexity index is 1170. The number of hydrogen-bond donors (Lipinski definition) is 2. The van der Waals surface area contributed by atoms with E-state index in [9.17, 15) is 19.2 Å². The molecule has 0 atom stereocenters. The molecule has 2 aromatic carbocycles. The molecule has 3 N–H and O–H groups in total. The van der Waals surface area contributed by atoms with Gasteiger partial charge < -0.3 is 15.8 Å². The topological polar surface area (TPSA) is 133 Å². The van der Waals surface area contributed by atoms with Gasteiger partial charge in [-0.05, 0) is 25.1 Å². The second-order valence-electron chi connectivity index (χ2n) is 6.05. The summed E-state index contributed by atoms with van der Waals surface area (Å²) < 4.78 is 6.22. The standard InChI is InChI=1S/C20H18N4O5/c1-2-24-19(27)13-8-4-3-7-12(13)17(23-24)20(28)29-11-16(25)22-15-10-6-5-9-14(15)18(21)26/h3-10H,2,11H2,1H3,(H2,21,26)(H,22,25). The van der Waals surface area contributed by atoms with Gasteiger partial charge in [-0.15, -0.1) is 0 Å². The Morgan fingerprint density at radius 3 is 2.41 bits per heavy atom. The van der Waals surface area contributed by atoms with Crippen LogP contribution in [-0.2, 0) is 16.1 Å². The van der Waals surface area contributed by atoms with Crippen LogP contribution in [0.4, 0.5) is 5.69 Å². The van der Waals surface area contributed by atoms with Gasteiger partial charge in [0.05, 0.1) is 16.6 Å². The van der Waals surface area contributed by atoms with Crippen molar-refractivity contribution in [2.75, 3.05) is 11.9 Å². The van der Waals surface area contributed by atoms with Crippen LogP contribution in [0.25, 0.3) is 10.8 Å². The molecule has 1 aromatic heterocycles. The van der Waals surface area contributed by atoms with Crippen molar-refractivity contribution in [3.05, 3.63) is 70.1 Å². The van der Waals surface area contributed by atoms with Gasteiger partial charge in [-0.25, -0.2) is 9.48 Å². The highest BCUT2D eigenvalue weighted by atomic mass is 16.5. The summed E-state index contributed by atoms with van der Waals surface area (Å²) in [6.07, 6.45) is 0. The minimum absolute atomic E-state index is 0.0626. The molecule has 0 aliphatic rings. The number of primary amides is 1. The number of fused-ring (bicyclic) bond motifs is 1. The number of ether oxygens (including phenoxy) is 1. The van der Waals surface area contributed by atoms with E-state index in [1.54, 1.807) is 43.3 Å². The van der Waals surface area contributed by atoms with Crippen molar-refractivity contribution in [2.24, 2.45) is 5.73 Å². The average Bonchev–Trinajstić information content (AvgIpc) is 2.72. The SMILES string of the molecule is CCn1nc(C(=O)OCC(=O)Nc2ccccc2C(N)=O)c2ccccc2c1=O. The van der Waals surface area contributed by atoms with Crippen LogP contribution in [0.2, 0.25) is 0 Å². The quantitative estimate of drug-likeness (QED) is 0.606. The molecule has 0 aliphatic heterocycles. The molecule has 0 radical (unpaired) electrons. The maximum atomic E-state index is 12.5. The van der Waals surface area contributed by atoms with Gasteiger partial charge in [0.1, 0.15) is 0 Å². The lowest BCUT2D eigenvalue weighted by atomic mass is 10.1. The van der Waals surface area contributed by atoms with Crippen molar-refractivity contribution in [2.45, 2.75) is 13.5 Å². The highest BCUT2D eigenvalue weighted by molar-refractivity contribution is 6.05. The highest BCUT2D eigenvalue weighted by Gasteiger charge is 2.19. The third-order valence-corrected chi connectivity index (χ3v) is 4.16. The van der Waals surface area contributed by atoms with Crippen LogP contribution in [-0.4, -0.2) is 34.2 Å². The lowest BCUT2D eigenvalue weighted by molar-refractivity contribution is -0.119. The zero-order valence-corrected chi connectivity index (χ0v) is 15.5. The summed E-state index contributed by atoms with van der Waals surface area (Å²) in [5, 5.41) is 7.20. The Morgan fingerprint density at radius 2 is 1.72 bits per heavy atom. The molecule has 29 heavy (non-hydrogen) atoms. The monoisotopic (exact) mass is 394 g/mol. The molecule has 9 nitrogen and oxygen atoms in total. The number of amides is 2. The van der Waals surface area contributed by atoms with Gasteiger partial charge in [0, 0.05) is 11.9 Å². The third-order valence-electron chi connectivity index (χ3n) is 4.16. The smallest absolute Gasteiger partial charge is 0.359 e. The van der Waals surface area contributed by atoms with Crippen molar-refractivity contribution in [1.29, 1.82) is 0 Å². The maximum Gasteiger partial charge on any atom is 0.359 e.